The summed E-state index contributed by atoms with van der Waals surface area (Å²) in [6.45, 7) is 5.20. The Labute approximate surface area is 181 Å². The zero-order chi connectivity index (χ0) is 21.4. The zero-order valence-corrected chi connectivity index (χ0v) is 17.6. The van der Waals surface area contributed by atoms with Gasteiger partial charge in [0.05, 0.1) is 16.7 Å². The fourth-order valence-electron chi connectivity index (χ4n) is 3.89. The summed E-state index contributed by atoms with van der Waals surface area (Å²) in [5.74, 6) is 0.769. The smallest absolute Gasteiger partial charge is 0.138 e. The number of nitrogens with one attached hydrogen (secondary N) is 1. The van der Waals surface area contributed by atoms with Crippen molar-refractivity contribution in [3.63, 3.8) is 0 Å². The molecule has 5 rings (SSSR count). The molecule has 0 bridgehead atoms. The summed E-state index contributed by atoms with van der Waals surface area (Å²) in [7, 11) is 4.13. The van der Waals surface area contributed by atoms with E-state index in [2.05, 4.69) is 76.9 Å². The lowest BCUT2D eigenvalue weighted by Crippen LogP contribution is -2.10. The first-order valence-corrected chi connectivity index (χ1v) is 10.2. The van der Waals surface area contributed by atoms with Crippen molar-refractivity contribution in [3.05, 3.63) is 96.7 Å². The van der Waals surface area contributed by atoms with E-state index in [1.165, 1.54) is 5.56 Å². The number of hydrogen-bond donors (Lipinski definition) is 1. The largest absolute Gasteiger partial charge is 0.338 e. The van der Waals surface area contributed by atoms with E-state index >= 15 is 0 Å². The number of rotatable bonds is 5. The van der Waals surface area contributed by atoms with E-state index < -0.39 is 0 Å². The molecule has 0 amide bonds. The van der Waals surface area contributed by atoms with Gasteiger partial charge in [-0.15, -0.1) is 0 Å². The van der Waals surface area contributed by atoms with Crippen molar-refractivity contribution >= 4 is 27.4 Å². The van der Waals surface area contributed by atoms with E-state index in [4.69, 9.17) is 4.98 Å². The Morgan fingerprint density at radius 2 is 1.90 bits per heavy atom. The minimum absolute atomic E-state index is 0.769. The van der Waals surface area contributed by atoms with Crippen LogP contribution in [-0.4, -0.2) is 38.9 Å². The molecule has 0 saturated carbocycles. The molecule has 0 spiro atoms. The maximum atomic E-state index is 4.76. The SMILES string of the molecule is C=C(c1ccnc(-c2cncc3ccccc23)c1)c1nc2ccc(CN(C)C)cc2[nH]1. The van der Waals surface area contributed by atoms with Gasteiger partial charge >= 0.3 is 0 Å². The predicted octanol–water partition coefficient (Wildman–Crippen LogP) is 5.30. The molecule has 0 aliphatic rings. The Bertz CT molecular complexity index is 1410. The molecule has 2 aromatic carbocycles. The fraction of sp³-hybridized carbons (Fsp3) is 0.115. The molecule has 0 radical (unpaired) electrons. The zero-order valence-electron chi connectivity index (χ0n) is 17.6. The molecule has 5 nitrogen and oxygen atoms in total. The van der Waals surface area contributed by atoms with Crippen LogP contribution in [0.15, 0.2) is 79.8 Å². The second kappa shape index (κ2) is 7.78. The van der Waals surface area contributed by atoms with Crippen molar-refractivity contribution in [1.82, 2.24) is 24.8 Å². The molecule has 152 valence electrons. The molecule has 5 aromatic rings. The Kier molecular flexibility index (Phi) is 4.81. The highest BCUT2D eigenvalue weighted by molar-refractivity contribution is 5.95. The van der Waals surface area contributed by atoms with Gasteiger partial charge in [0.2, 0.25) is 0 Å². The van der Waals surface area contributed by atoms with Crippen molar-refractivity contribution in [2.45, 2.75) is 6.54 Å². The van der Waals surface area contributed by atoms with Crippen LogP contribution >= 0.6 is 0 Å². The molecular weight excluding hydrogens is 382 g/mol. The van der Waals surface area contributed by atoms with Crippen molar-refractivity contribution in [1.29, 1.82) is 0 Å². The predicted molar refractivity (Wildman–Crippen MR) is 127 cm³/mol. The monoisotopic (exact) mass is 405 g/mol. The van der Waals surface area contributed by atoms with Crippen molar-refractivity contribution in [2.75, 3.05) is 14.1 Å². The summed E-state index contributed by atoms with van der Waals surface area (Å²) in [5, 5.41) is 2.22. The van der Waals surface area contributed by atoms with E-state index in [9.17, 15) is 0 Å². The number of hydrogen-bond acceptors (Lipinski definition) is 4. The molecule has 5 heteroatoms. The highest BCUT2D eigenvalue weighted by atomic mass is 15.0. The first-order valence-electron chi connectivity index (χ1n) is 10.2. The standard InChI is InChI=1S/C26H23N5/c1-17(26-29-23-9-8-18(16-31(2)3)12-25(23)30-26)19-10-11-28-24(13-19)22-15-27-14-20-6-4-5-7-21(20)22/h4-15H,1,16H2,2-3H3,(H,29,30). The van der Waals surface area contributed by atoms with Crippen LogP contribution in [0.2, 0.25) is 0 Å². The van der Waals surface area contributed by atoms with Gasteiger partial charge in [-0.05, 0) is 54.9 Å². The van der Waals surface area contributed by atoms with E-state index in [-0.39, 0.29) is 0 Å². The minimum atomic E-state index is 0.769. The Morgan fingerprint density at radius 3 is 2.77 bits per heavy atom. The molecular formula is C26H23N5. The lowest BCUT2D eigenvalue weighted by Gasteiger charge is -2.08. The van der Waals surface area contributed by atoms with Gasteiger partial charge in [-0.3, -0.25) is 9.97 Å². The van der Waals surface area contributed by atoms with Gasteiger partial charge in [0.1, 0.15) is 5.82 Å². The average Bonchev–Trinajstić information content (AvgIpc) is 3.21. The van der Waals surface area contributed by atoms with Crippen LogP contribution in [0.25, 0.3) is 38.6 Å². The molecule has 31 heavy (non-hydrogen) atoms. The average molecular weight is 406 g/mol. The highest BCUT2D eigenvalue weighted by Crippen LogP contribution is 2.29. The van der Waals surface area contributed by atoms with Crippen molar-refractivity contribution in [3.8, 4) is 11.3 Å². The number of imidazole rings is 1. The number of aromatic amines is 1. The molecule has 0 fully saturated rings. The summed E-state index contributed by atoms with van der Waals surface area (Å²) < 4.78 is 0. The van der Waals surface area contributed by atoms with Crippen LogP contribution < -0.4 is 0 Å². The van der Waals surface area contributed by atoms with Crippen LogP contribution in [0.1, 0.15) is 17.0 Å². The van der Waals surface area contributed by atoms with Gasteiger partial charge in [0, 0.05) is 41.7 Å². The maximum Gasteiger partial charge on any atom is 0.138 e. The summed E-state index contributed by atoms with van der Waals surface area (Å²) in [6, 6.07) is 18.6. The molecule has 1 N–H and O–H groups in total. The minimum Gasteiger partial charge on any atom is -0.338 e. The van der Waals surface area contributed by atoms with E-state index in [1.807, 2.05) is 36.8 Å². The Balaban J connectivity index is 1.52. The normalized spacial score (nSPS) is 11.5. The molecule has 3 aromatic heterocycles. The number of nitrogens with zero attached hydrogens (tertiary/aromatic N) is 4. The summed E-state index contributed by atoms with van der Waals surface area (Å²) in [6.07, 6.45) is 5.56. The molecule has 0 unspecified atom stereocenters. The second-order valence-electron chi connectivity index (χ2n) is 7.99. The summed E-state index contributed by atoms with van der Waals surface area (Å²) in [4.78, 5) is 19.3. The number of benzene rings is 2. The third kappa shape index (κ3) is 3.71. The number of aromatic nitrogens is 4. The van der Waals surface area contributed by atoms with Gasteiger partial charge in [0.25, 0.3) is 0 Å². The van der Waals surface area contributed by atoms with Gasteiger partial charge in [-0.1, -0.05) is 36.9 Å². The molecule has 0 aliphatic heterocycles. The maximum absolute atomic E-state index is 4.76. The lowest BCUT2D eigenvalue weighted by molar-refractivity contribution is 0.402. The van der Waals surface area contributed by atoms with Crippen LogP contribution in [0.4, 0.5) is 0 Å². The quantitative estimate of drug-likeness (QED) is 0.431. The lowest BCUT2D eigenvalue weighted by atomic mass is 10.0. The second-order valence-corrected chi connectivity index (χ2v) is 7.99. The van der Waals surface area contributed by atoms with E-state index in [0.29, 0.717) is 0 Å². The topological polar surface area (TPSA) is 57.7 Å². The van der Waals surface area contributed by atoms with Crippen LogP contribution in [-0.2, 0) is 6.54 Å². The summed E-state index contributed by atoms with van der Waals surface area (Å²) in [5.41, 5.74) is 6.88. The molecule has 0 atom stereocenters. The first-order chi connectivity index (χ1) is 15.1. The molecule has 3 heterocycles. The van der Waals surface area contributed by atoms with Crippen LogP contribution in [0, 0.1) is 0 Å². The van der Waals surface area contributed by atoms with Crippen molar-refractivity contribution < 1.29 is 0 Å². The van der Waals surface area contributed by atoms with Gasteiger partial charge in [0.15, 0.2) is 0 Å². The third-order valence-electron chi connectivity index (χ3n) is 5.38. The van der Waals surface area contributed by atoms with Gasteiger partial charge in [-0.2, -0.15) is 0 Å². The van der Waals surface area contributed by atoms with Gasteiger partial charge in [-0.25, -0.2) is 4.98 Å². The summed E-state index contributed by atoms with van der Waals surface area (Å²) >= 11 is 0. The third-order valence-corrected chi connectivity index (χ3v) is 5.38. The number of pyridine rings is 2. The first kappa shape index (κ1) is 19.2. The fourth-order valence-corrected chi connectivity index (χ4v) is 3.89. The molecule has 0 saturated heterocycles. The molecule has 0 aliphatic carbocycles. The van der Waals surface area contributed by atoms with E-state index in [1.54, 1.807) is 0 Å². The van der Waals surface area contributed by atoms with Gasteiger partial charge < -0.3 is 9.88 Å². The Hall–Kier alpha value is -3.83. The van der Waals surface area contributed by atoms with Crippen molar-refractivity contribution in [2.24, 2.45) is 0 Å². The number of fused-ring (bicyclic) bond motifs is 2. The Morgan fingerprint density at radius 1 is 1.03 bits per heavy atom. The van der Waals surface area contributed by atoms with Crippen LogP contribution in [0.5, 0.6) is 0 Å². The highest BCUT2D eigenvalue weighted by Gasteiger charge is 2.12. The van der Waals surface area contributed by atoms with Crippen LogP contribution in [0.3, 0.4) is 0 Å². The number of H-pyrrole nitrogens is 1. The van der Waals surface area contributed by atoms with E-state index in [0.717, 1.165) is 56.6 Å².